The van der Waals surface area contributed by atoms with Gasteiger partial charge in [-0.1, -0.05) is 30.3 Å². The molecule has 0 aliphatic carbocycles. The summed E-state index contributed by atoms with van der Waals surface area (Å²) < 4.78 is 34.2. The molecule has 0 N–H and O–H groups in total. The molecule has 0 aromatic heterocycles. The maximum absolute atomic E-state index is 12.9. The van der Waals surface area contributed by atoms with Crippen molar-refractivity contribution in [2.75, 3.05) is 26.4 Å². The highest BCUT2D eigenvalue weighted by atomic mass is 31.2. The number of hydrogen-bond donors (Lipinski definition) is 0. The standard InChI is InChI=1S/C18H29O6P/c1-4-22-18(19)17(25(20,23-5-2)24-6-3)13-10-14-21-15-16-11-8-7-9-12-16/h7-9,11-12,17H,4-6,10,13-15H2,1-3H3. The van der Waals surface area contributed by atoms with Crippen LogP contribution in [0.1, 0.15) is 39.2 Å². The Kier molecular flexibility index (Phi) is 10.7. The number of rotatable bonds is 13. The highest BCUT2D eigenvalue weighted by Crippen LogP contribution is 2.54. The maximum atomic E-state index is 12.9. The first-order valence-electron chi connectivity index (χ1n) is 8.74. The molecule has 0 aliphatic heterocycles. The van der Waals surface area contributed by atoms with Gasteiger partial charge in [-0.15, -0.1) is 0 Å². The highest BCUT2D eigenvalue weighted by molar-refractivity contribution is 7.55. The molecule has 0 fully saturated rings. The topological polar surface area (TPSA) is 71.1 Å². The zero-order valence-electron chi connectivity index (χ0n) is 15.3. The van der Waals surface area contributed by atoms with Gasteiger partial charge in [0.15, 0.2) is 5.66 Å². The Morgan fingerprint density at radius 1 is 1.04 bits per heavy atom. The fraction of sp³-hybridized carbons (Fsp3) is 0.611. The smallest absolute Gasteiger partial charge is 0.344 e. The van der Waals surface area contributed by atoms with E-state index < -0.39 is 19.2 Å². The Hall–Kier alpha value is -1.20. The summed E-state index contributed by atoms with van der Waals surface area (Å²) in [6.45, 7) is 6.73. The van der Waals surface area contributed by atoms with Crippen molar-refractivity contribution in [3.63, 3.8) is 0 Å². The van der Waals surface area contributed by atoms with Crippen molar-refractivity contribution in [3.8, 4) is 0 Å². The lowest BCUT2D eigenvalue weighted by molar-refractivity contribution is -0.143. The first-order chi connectivity index (χ1) is 12.1. The Balaban J connectivity index is 2.58. The first-order valence-corrected chi connectivity index (χ1v) is 10.4. The molecule has 25 heavy (non-hydrogen) atoms. The van der Waals surface area contributed by atoms with Gasteiger partial charge in [0.25, 0.3) is 0 Å². The molecular formula is C18H29O6P. The SMILES string of the molecule is CCOC(=O)C(CCCOCc1ccccc1)P(=O)(OCC)OCC. The molecule has 0 amide bonds. The van der Waals surface area contributed by atoms with E-state index in [4.69, 9.17) is 18.5 Å². The zero-order valence-corrected chi connectivity index (χ0v) is 16.2. The lowest BCUT2D eigenvalue weighted by Crippen LogP contribution is -2.26. The van der Waals surface area contributed by atoms with Crippen LogP contribution in [0, 0.1) is 0 Å². The summed E-state index contributed by atoms with van der Waals surface area (Å²) in [5.74, 6) is -0.546. The second kappa shape index (κ2) is 12.2. The quantitative estimate of drug-likeness (QED) is 0.294. The highest BCUT2D eigenvalue weighted by Gasteiger charge is 2.41. The number of carbonyl (C=O) groups excluding carboxylic acids is 1. The number of benzene rings is 1. The molecule has 0 bridgehead atoms. The Labute approximate surface area is 150 Å². The van der Waals surface area contributed by atoms with Gasteiger partial charge in [-0.2, -0.15) is 0 Å². The summed E-state index contributed by atoms with van der Waals surface area (Å²) in [5.41, 5.74) is 0.159. The second-order valence-electron chi connectivity index (χ2n) is 5.32. The van der Waals surface area contributed by atoms with Crippen molar-refractivity contribution < 1.29 is 27.9 Å². The van der Waals surface area contributed by atoms with E-state index in [1.54, 1.807) is 20.8 Å². The van der Waals surface area contributed by atoms with Crippen molar-refractivity contribution in [1.29, 1.82) is 0 Å². The predicted octanol–water partition coefficient (Wildman–Crippen LogP) is 4.18. The molecule has 0 heterocycles. The second-order valence-corrected chi connectivity index (χ2v) is 7.54. The van der Waals surface area contributed by atoms with Crippen LogP contribution in [0.15, 0.2) is 30.3 Å². The Morgan fingerprint density at radius 3 is 2.24 bits per heavy atom. The normalized spacial score (nSPS) is 12.8. The Bertz CT molecular complexity index is 524. The van der Waals surface area contributed by atoms with Gasteiger partial charge in [-0.25, -0.2) is 0 Å². The third kappa shape index (κ3) is 7.70. The van der Waals surface area contributed by atoms with Crippen LogP contribution in [0.4, 0.5) is 0 Å². The molecule has 0 aliphatic rings. The summed E-state index contributed by atoms with van der Waals surface area (Å²) in [6, 6.07) is 9.83. The lowest BCUT2D eigenvalue weighted by Gasteiger charge is -2.24. The average molecular weight is 372 g/mol. The summed E-state index contributed by atoms with van der Waals surface area (Å²) >= 11 is 0. The minimum atomic E-state index is -3.55. The van der Waals surface area contributed by atoms with Gasteiger partial charge in [-0.05, 0) is 39.2 Å². The largest absolute Gasteiger partial charge is 0.465 e. The van der Waals surface area contributed by atoms with Crippen LogP contribution in [0.2, 0.25) is 0 Å². The van der Waals surface area contributed by atoms with Crippen molar-refractivity contribution in [1.82, 2.24) is 0 Å². The van der Waals surface area contributed by atoms with Crippen molar-refractivity contribution in [2.45, 2.75) is 45.9 Å². The number of esters is 1. The van der Waals surface area contributed by atoms with Crippen LogP contribution in [0.3, 0.4) is 0 Å². The molecule has 1 aromatic carbocycles. The fourth-order valence-corrected chi connectivity index (χ4v) is 4.35. The predicted molar refractivity (Wildman–Crippen MR) is 96.6 cm³/mol. The van der Waals surface area contributed by atoms with E-state index in [9.17, 15) is 9.36 Å². The van der Waals surface area contributed by atoms with Crippen LogP contribution in [-0.2, 0) is 34.5 Å². The van der Waals surface area contributed by atoms with Gasteiger partial charge < -0.3 is 18.5 Å². The Morgan fingerprint density at radius 2 is 1.68 bits per heavy atom. The first kappa shape index (κ1) is 21.8. The van der Waals surface area contributed by atoms with Crippen molar-refractivity contribution >= 4 is 13.6 Å². The number of hydrogen-bond acceptors (Lipinski definition) is 6. The van der Waals surface area contributed by atoms with E-state index >= 15 is 0 Å². The molecule has 7 heteroatoms. The van der Waals surface area contributed by atoms with E-state index in [-0.39, 0.29) is 19.8 Å². The average Bonchev–Trinajstić information content (AvgIpc) is 2.59. The van der Waals surface area contributed by atoms with E-state index in [2.05, 4.69) is 0 Å². The third-order valence-corrected chi connectivity index (χ3v) is 5.90. The third-order valence-electron chi connectivity index (χ3n) is 3.44. The van der Waals surface area contributed by atoms with Crippen LogP contribution in [0.5, 0.6) is 0 Å². The van der Waals surface area contributed by atoms with Crippen LogP contribution < -0.4 is 0 Å². The summed E-state index contributed by atoms with van der Waals surface area (Å²) in [6.07, 6.45) is 0.880. The van der Waals surface area contributed by atoms with Gasteiger partial charge in [0.2, 0.25) is 0 Å². The van der Waals surface area contributed by atoms with Gasteiger partial charge >= 0.3 is 13.6 Å². The molecule has 1 atom stereocenters. The molecule has 1 unspecified atom stereocenters. The molecule has 6 nitrogen and oxygen atoms in total. The summed E-state index contributed by atoms with van der Waals surface area (Å²) in [7, 11) is -3.55. The minimum absolute atomic E-state index is 0.206. The van der Waals surface area contributed by atoms with Gasteiger partial charge in [0.05, 0.1) is 26.4 Å². The monoisotopic (exact) mass is 372 g/mol. The fourth-order valence-electron chi connectivity index (χ4n) is 2.36. The molecule has 0 radical (unpaired) electrons. The number of carbonyl (C=O) groups is 1. The maximum Gasteiger partial charge on any atom is 0.344 e. The zero-order chi connectivity index (χ0) is 18.5. The van der Waals surface area contributed by atoms with Crippen LogP contribution in [-0.4, -0.2) is 38.1 Å². The van der Waals surface area contributed by atoms with Crippen molar-refractivity contribution in [3.05, 3.63) is 35.9 Å². The molecule has 1 aromatic rings. The molecule has 142 valence electrons. The van der Waals surface area contributed by atoms with E-state index in [1.165, 1.54) is 0 Å². The number of ether oxygens (including phenoxy) is 2. The molecule has 0 saturated heterocycles. The van der Waals surface area contributed by atoms with Crippen molar-refractivity contribution in [2.24, 2.45) is 0 Å². The van der Waals surface area contributed by atoms with Gasteiger partial charge in [-0.3, -0.25) is 9.36 Å². The van der Waals surface area contributed by atoms with E-state index in [0.717, 1.165) is 5.56 Å². The molecule has 1 rings (SSSR count). The van der Waals surface area contributed by atoms with E-state index in [1.807, 2.05) is 30.3 Å². The van der Waals surface area contributed by atoms with Crippen LogP contribution >= 0.6 is 7.60 Å². The van der Waals surface area contributed by atoms with Gasteiger partial charge in [0, 0.05) is 6.61 Å². The van der Waals surface area contributed by atoms with Gasteiger partial charge in [0.1, 0.15) is 0 Å². The summed E-state index contributed by atoms with van der Waals surface area (Å²) in [5, 5.41) is 0. The van der Waals surface area contributed by atoms with Crippen LogP contribution in [0.25, 0.3) is 0 Å². The van der Waals surface area contributed by atoms with E-state index in [0.29, 0.717) is 26.1 Å². The molecule has 0 spiro atoms. The molecule has 0 saturated carbocycles. The summed E-state index contributed by atoms with van der Waals surface area (Å²) in [4.78, 5) is 12.2. The lowest BCUT2D eigenvalue weighted by atomic mass is 10.2. The minimum Gasteiger partial charge on any atom is -0.465 e. The molecular weight excluding hydrogens is 343 g/mol.